The molecule has 0 amide bonds. The molecule has 1 aromatic rings. The van der Waals surface area contributed by atoms with Crippen molar-refractivity contribution in [3.8, 4) is 5.75 Å². The number of benzene rings is 1. The van der Waals surface area contributed by atoms with Gasteiger partial charge >= 0.3 is 0 Å². The monoisotopic (exact) mass is 192 g/mol. The van der Waals surface area contributed by atoms with Crippen LogP contribution in [0.3, 0.4) is 0 Å². The fourth-order valence-corrected chi connectivity index (χ4v) is 1.85. The maximum absolute atomic E-state index is 5.68. The van der Waals surface area contributed by atoms with Crippen LogP contribution in [0.1, 0.15) is 37.0 Å². The molecular formula is C13H20O. The van der Waals surface area contributed by atoms with Crippen LogP contribution < -0.4 is 4.74 Å². The summed E-state index contributed by atoms with van der Waals surface area (Å²) < 4.78 is 5.68. The molecule has 0 heterocycles. The molecule has 0 aliphatic heterocycles. The molecule has 1 aromatic carbocycles. The molecule has 1 rings (SSSR count). The van der Waals surface area contributed by atoms with Gasteiger partial charge in [0.25, 0.3) is 0 Å². The Morgan fingerprint density at radius 2 is 1.86 bits per heavy atom. The van der Waals surface area contributed by atoms with Gasteiger partial charge in [0.1, 0.15) is 5.75 Å². The predicted octanol–water partition coefficient (Wildman–Crippen LogP) is 3.65. The van der Waals surface area contributed by atoms with E-state index in [0.717, 1.165) is 18.8 Å². The molecule has 0 radical (unpaired) electrons. The van der Waals surface area contributed by atoms with Crippen molar-refractivity contribution in [1.29, 1.82) is 0 Å². The zero-order valence-electron chi connectivity index (χ0n) is 9.68. The minimum atomic E-state index is 0.751. The van der Waals surface area contributed by atoms with Crippen molar-refractivity contribution in [3.63, 3.8) is 0 Å². The third kappa shape index (κ3) is 2.50. The summed E-state index contributed by atoms with van der Waals surface area (Å²) in [5.41, 5.74) is 3.94. The second kappa shape index (κ2) is 5.04. The Labute approximate surface area is 87.1 Å². The molecule has 0 unspecified atom stereocenters. The van der Waals surface area contributed by atoms with Crippen LogP contribution in [-0.2, 0) is 6.42 Å². The smallest absolute Gasteiger partial charge is 0.125 e. The molecular weight excluding hydrogens is 172 g/mol. The van der Waals surface area contributed by atoms with E-state index in [-0.39, 0.29) is 0 Å². The van der Waals surface area contributed by atoms with E-state index in [1.54, 1.807) is 0 Å². The highest BCUT2D eigenvalue weighted by Gasteiger charge is 2.06. The van der Waals surface area contributed by atoms with Gasteiger partial charge in [-0.05, 0) is 38.3 Å². The maximum Gasteiger partial charge on any atom is 0.125 e. The third-order valence-electron chi connectivity index (χ3n) is 2.30. The number of rotatable bonds is 4. The first-order valence-electron chi connectivity index (χ1n) is 5.42. The molecule has 1 nitrogen and oxygen atoms in total. The summed E-state index contributed by atoms with van der Waals surface area (Å²) in [7, 11) is 0. The fraction of sp³-hybridized carbons (Fsp3) is 0.538. The Morgan fingerprint density at radius 3 is 2.43 bits per heavy atom. The predicted molar refractivity (Wildman–Crippen MR) is 61.1 cm³/mol. The van der Waals surface area contributed by atoms with Crippen molar-refractivity contribution in [1.82, 2.24) is 0 Å². The Morgan fingerprint density at radius 1 is 1.14 bits per heavy atom. The molecule has 0 bridgehead atoms. The minimum Gasteiger partial charge on any atom is -0.493 e. The summed E-state index contributed by atoms with van der Waals surface area (Å²) in [6, 6.07) is 4.42. The van der Waals surface area contributed by atoms with Crippen LogP contribution >= 0.6 is 0 Å². The Kier molecular flexibility index (Phi) is 3.99. The molecule has 14 heavy (non-hydrogen) atoms. The van der Waals surface area contributed by atoms with Crippen molar-refractivity contribution < 1.29 is 4.74 Å². The van der Waals surface area contributed by atoms with Gasteiger partial charge in [0.05, 0.1) is 6.61 Å². The van der Waals surface area contributed by atoms with Crippen molar-refractivity contribution in [2.24, 2.45) is 0 Å². The summed E-state index contributed by atoms with van der Waals surface area (Å²) in [5.74, 6) is 1.10. The van der Waals surface area contributed by atoms with Crippen LogP contribution in [0.5, 0.6) is 5.75 Å². The van der Waals surface area contributed by atoms with E-state index in [4.69, 9.17) is 4.74 Å². The van der Waals surface area contributed by atoms with E-state index in [2.05, 4.69) is 32.9 Å². The lowest BCUT2D eigenvalue weighted by molar-refractivity contribution is 0.334. The highest BCUT2D eigenvalue weighted by molar-refractivity contribution is 5.43. The molecule has 1 heteroatoms. The average Bonchev–Trinajstić information content (AvgIpc) is 2.11. The number of aryl methyl sites for hydroxylation is 3. The first-order valence-corrected chi connectivity index (χ1v) is 5.42. The normalized spacial score (nSPS) is 10.3. The first-order chi connectivity index (χ1) is 6.69. The summed E-state index contributed by atoms with van der Waals surface area (Å²) in [6.45, 7) is 9.25. The van der Waals surface area contributed by atoms with Crippen LogP contribution in [0.15, 0.2) is 12.1 Å². The standard InChI is InChI=1S/C13H20O/c1-5-7-12-9-10(3)8-11(4)13(12)14-6-2/h8-9H,5-7H2,1-4H3. The molecule has 0 fully saturated rings. The van der Waals surface area contributed by atoms with Crippen LogP contribution in [0, 0.1) is 13.8 Å². The van der Waals surface area contributed by atoms with Gasteiger partial charge in [-0.15, -0.1) is 0 Å². The van der Waals surface area contributed by atoms with Gasteiger partial charge in [-0.3, -0.25) is 0 Å². The average molecular weight is 192 g/mol. The van der Waals surface area contributed by atoms with E-state index in [0.29, 0.717) is 0 Å². The minimum absolute atomic E-state index is 0.751. The second-order valence-corrected chi connectivity index (χ2v) is 3.75. The van der Waals surface area contributed by atoms with E-state index >= 15 is 0 Å². The van der Waals surface area contributed by atoms with Gasteiger partial charge in [0.15, 0.2) is 0 Å². The van der Waals surface area contributed by atoms with Crippen molar-refractivity contribution in [3.05, 3.63) is 28.8 Å². The quantitative estimate of drug-likeness (QED) is 0.707. The van der Waals surface area contributed by atoms with E-state index < -0.39 is 0 Å². The lowest BCUT2D eigenvalue weighted by Crippen LogP contribution is -1.99. The summed E-state index contributed by atoms with van der Waals surface area (Å²) >= 11 is 0. The highest BCUT2D eigenvalue weighted by atomic mass is 16.5. The van der Waals surface area contributed by atoms with Crippen LogP contribution in [-0.4, -0.2) is 6.61 Å². The van der Waals surface area contributed by atoms with Gasteiger partial charge < -0.3 is 4.74 Å². The van der Waals surface area contributed by atoms with Crippen LogP contribution in [0.2, 0.25) is 0 Å². The van der Waals surface area contributed by atoms with Gasteiger partial charge in [-0.1, -0.05) is 31.0 Å². The van der Waals surface area contributed by atoms with Gasteiger partial charge in [-0.2, -0.15) is 0 Å². The molecule has 0 atom stereocenters. The molecule has 0 saturated carbocycles. The Balaban J connectivity index is 3.07. The van der Waals surface area contributed by atoms with E-state index in [1.165, 1.54) is 23.1 Å². The maximum atomic E-state index is 5.68. The lowest BCUT2D eigenvalue weighted by Gasteiger charge is -2.13. The Hall–Kier alpha value is -0.980. The van der Waals surface area contributed by atoms with Gasteiger partial charge in [0, 0.05) is 0 Å². The second-order valence-electron chi connectivity index (χ2n) is 3.75. The highest BCUT2D eigenvalue weighted by Crippen LogP contribution is 2.26. The molecule has 0 aliphatic rings. The SMILES string of the molecule is CCCc1cc(C)cc(C)c1OCC. The summed E-state index contributed by atoms with van der Waals surface area (Å²) in [4.78, 5) is 0. The number of hydrogen-bond donors (Lipinski definition) is 0. The van der Waals surface area contributed by atoms with Gasteiger partial charge in [-0.25, -0.2) is 0 Å². The molecule has 0 spiro atoms. The van der Waals surface area contributed by atoms with E-state index in [1.807, 2.05) is 6.92 Å². The Bertz CT molecular complexity index is 302. The topological polar surface area (TPSA) is 9.23 Å². The van der Waals surface area contributed by atoms with Crippen LogP contribution in [0.4, 0.5) is 0 Å². The van der Waals surface area contributed by atoms with E-state index in [9.17, 15) is 0 Å². The molecule has 0 aliphatic carbocycles. The summed E-state index contributed by atoms with van der Waals surface area (Å²) in [5, 5.41) is 0. The van der Waals surface area contributed by atoms with Gasteiger partial charge in [0.2, 0.25) is 0 Å². The van der Waals surface area contributed by atoms with Crippen molar-refractivity contribution >= 4 is 0 Å². The number of hydrogen-bond acceptors (Lipinski definition) is 1. The zero-order valence-corrected chi connectivity index (χ0v) is 9.68. The molecule has 0 aromatic heterocycles. The number of ether oxygens (including phenoxy) is 1. The molecule has 78 valence electrons. The van der Waals surface area contributed by atoms with Crippen LogP contribution in [0.25, 0.3) is 0 Å². The van der Waals surface area contributed by atoms with Crippen molar-refractivity contribution in [2.45, 2.75) is 40.5 Å². The zero-order chi connectivity index (χ0) is 10.6. The largest absolute Gasteiger partial charge is 0.493 e. The lowest BCUT2D eigenvalue weighted by atomic mass is 10.0. The summed E-state index contributed by atoms with van der Waals surface area (Å²) in [6.07, 6.45) is 2.28. The molecule has 0 N–H and O–H groups in total. The molecule has 0 saturated heterocycles. The first kappa shape index (κ1) is 11.1. The van der Waals surface area contributed by atoms with Crippen molar-refractivity contribution in [2.75, 3.05) is 6.61 Å². The fourth-order valence-electron chi connectivity index (χ4n) is 1.85. The third-order valence-corrected chi connectivity index (χ3v) is 2.30.